The van der Waals surface area contributed by atoms with Gasteiger partial charge in [0.2, 0.25) is 0 Å². The monoisotopic (exact) mass is 331 g/mol. The van der Waals surface area contributed by atoms with Crippen molar-refractivity contribution < 1.29 is 13.2 Å². The first-order chi connectivity index (χ1) is 10.4. The first-order valence-corrected chi connectivity index (χ1v) is 7.33. The number of hydrogen-bond donors (Lipinski definition) is 2. The van der Waals surface area contributed by atoms with Crippen LogP contribution >= 0.6 is 11.3 Å². The number of aryl methyl sites for hydroxylation is 1. The number of rotatable bonds is 4. The summed E-state index contributed by atoms with van der Waals surface area (Å²) in [5.74, 6) is 0.507. The Kier molecular flexibility index (Phi) is 5.07. The van der Waals surface area contributed by atoms with E-state index in [2.05, 4.69) is 20.6 Å². The fraction of sp³-hybridized carbons (Fsp3) is 0.385. The van der Waals surface area contributed by atoms with Crippen LogP contribution in [-0.2, 0) is 26.3 Å². The average Bonchev–Trinajstić information content (AvgIpc) is 3.07. The molecule has 0 aromatic carbocycles. The molecule has 2 rings (SSSR count). The molecule has 5 nitrogen and oxygen atoms in total. The van der Waals surface area contributed by atoms with Gasteiger partial charge in [-0.25, -0.2) is 4.98 Å². The lowest BCUT2D eigenvalue weighted by Crippen LogP contribution is -2.36. The van der Waals surface area contributed by atoms with Crippen LogP contribution in [0.2, 0.25) is 0 Å². The second-order valence-electron chi connectivity index (χ2n) is 4.59. The Hall–Kier alpha value is -2.03. The zero-order valence-corrected chi connectivity index (χ0v) is 12.9. The quantitative estimate of drug-likeness (QED) is 0.668. The number of alkyl halides is 3. The number of halogens is 3. The van der Waals surface area contributed by atoms with Gasteiger partial charge in [-0.2, -0.15) is 13.2 Å². The maximum atomic E-state index is 12.5. The molecule has 0 unspecified atom stereocenters. The van der Waals surface area contributed by atoms with E-state index < -0.39 is 11.9 Å². The van der Waals surface area contributed by atoms with Crippen molar-refractivity contribution >= 4 is 17.3 Å². The normalized spacial score (nSPS) is 12.5. The predicted molar refractivity (Wildman–Crippen MR) is 79.6 cm³/mol. The van der Waals surface area contributed by atoms with Gasteiger partial charge in [-0.1, -0.05) is 0 Å². The fourth-order valence-corrected chi connectivity index (χ4v) is 2.49. The summed E-state index contributed by atoms with van der Waals surface area (Å²) in [7, 11) is 3.53. The first-order valence-electron chi connectivity index (χ1n) is 6.45. The number of thiazole rings is 1. The molecule has 2 aromatic rings. The van der Waals surface area contributed by atoms with Crippen molar-refractivity contribution in [1.82, 2.24) is 20.2 Å². The van der Waals surface area contributed by atoms with Crippen molar-refractivity contribution in [2.45, 2.75) is 19.3 Å². The number of hydrogen-bond acceptors (Lipinski definition) is 3. The third kappa shape index (κ3) is 4.48. The summed E-state index contributed by atoms with van der Waals surface area (Å²) in [6.45, 7) is 0.765. The van der Waals surface area contributed by atoms with Gasteiger partial charge in [0, 0.05) is 38.4 Å². The molecule has 0 saturated heterocycles. The molecule has 0 saturated carbocycles. The maximum absolute atomic E-state index is 12.5. The Bertz CT molecular complexity index is 644. The average molecular weight is 331 g/mol. The standard InChI is InChI=1S/C13H16F3N5S/c1-17-12(18-5-9-3-4-21(2)7-9)19-6-11-20-10(8-22-11)13(14,15)16/h3-4,7-8H,5-6H2,1-2H3,(H2,17,18,19). The van der Waals surface area contributed by atoms with Crippen LogP contribution in [0.15, 0.2) is 28.8 Å². The lowest BCUT2D eigenvalue weighted by atomic mass is 10.3. The first kappa shape index (κ1) is 16.3. The van der Waals surface area contributed by atoms with Crippen molar-refractivity contribution in [1.29, 1.82) is 0 Å². The Labute approximate surface area is 129 Å². The van der Waals surface area contributed by atoms with Crippen molar-refractivity contribution in [3.63, 3.8) is 0 Å². The maximum Gasteiger partial charge on any atom is 0.434 e. The summed E-state index contributed by atoms with van der Waals surface area (Å²) < 4.78 is 39.3. The zero-order valence-electron chi connectivity index (χ0n) is 12.1. The highest BCUT2D eigenvalue weighted by atomic mass is 32.1. The molecular formula is C13H16F3N5S. The Balaban J connectivity index is 1.85. The van der Waals surface area contributed by atoms with Crippen molar-refractivity contribution in [3.8, 4) is 0 Å². The molecule has 0 radical (unpaired) electrons. The summed E-state index contributed by atoms with van der Waals surface area (Å²) in [4.78, 5) is 7.58. The van der Waals surface area contributed by atoms with Gasteiger partial charge >= 0.3 is 6.18 Å². The molecule has 0 amide bonds. The van der Waals surface area contributed by atoms with Crippen LogP contribution in [0.3, 0.4) is 0 Å². The SMILES string of the molecule is CN=C(NCc1ccn(C)c1)NCc1nc(C(F)(F)F)cs1. The highest BCUT2D eigenvalue weighted by molar-refractivity contribution is 7.09. The summed E-state index contributed by atoms with van der Waals surface area (Å²) in [5, 5.41) is 7.39. The molecule has 2 aromatic heterocycles. The molecule has 0 aliphatic rings. The van der Waals surface area contributed by atoms with Crippen LogP contribution in [0, 0.1) is 0 Å². The lowest BCUT2D eigenvalue weighted by Gasteiger charge is -2.10. The topological polar surface area (TPSA) is 54.2 Å². The van der Waals surface area contributed by atoms with E-state index in [4.69, 9.17) is 0 Å². The molecule has 0 spiro atoms. The van der Waals surface area contributed by atoms with Gasteiger partial charge in [-0.05, 0) is 11.6 Å². The largest absolute Gasteiger partial charge is 0.434 e. The van der Waals surface area contributed by atoms with Crippen LogP contribution in [0.4, 0.5) is 13.2 Å². The van der Waals surface area contributed by atoms with Crippen LogP contribution in [0.1, 0.15) is 16.3 Å². The lowest BCUT2D eigenvalue weighted by molar-refractivity contribution is -0.140. The van der Waals surface area contributed by atoms with Gasteiger partial charge in [0.25, 0.3) is 0 Å². The van der Waals surface area contributed by atoms with Crippen LogP contribution < -0.4 is 10.6 Å². The third-order valence-electron chi connectivity index (χ3n) is 2.83. The van der Waals surface area contributed by atoms with Crippen LogP contribution in [0.5, 0.6) is 0 Å². The fourth-order valence-electron chi connectivity index (χ4n) is 1.75. The highest BCUT2D eigenvalue weighted by Crippen LogP contribution is 2.29. The minimum absolute atomic E-state index is 0.190. The third-order valence-corrected chi connectivity index (χ3v) is 3.67. The van der Waals surface area contributed by atoms with E-state index in [0.29, 0.717) is 17.5 Å². The summed E-state index contributed by atoms with van der Waals surface area (Å²) >= 11 is 0.967. The van der Waals surface area contributed by atoms with E-state index in [1.165, 1.54) is 0 Å². The second kappa shape index (κ2) is 6.82. The molecule has 9 heteroatoms. The van der Waals surface area contributed by atoms with E-state index in [0.717, 1.165) is 22.3 Å². The van der Waals surface area contributed by atoms with Gasteiger partial charge in [0.1, 0.15) is 5.01 Å². The molecule has 0 bridgehead atoms. The molecule has 0 atom stereocenters. The molecule has 120 valence electrons. The highest BCUT2D eigenvalue weighted by Gasteiger charge is 2.33. The van der Waals surface area contributed by atoms with Gasteiger partial charge in [0.15, 0.2) is 11.7 Å². The zero-order chi connectivity index (χ0) is 16.2. The molecule has 0 fully saturated rings. The van der Waals surface area contributed by atoms with E-state index >= 15 is 0 Å². The van der Waals surface area contributed by atoms with Crippen molar-refractivity contribution in [2.24, 2.45) is 12.0 Å². The molecule has 2 heterocycles. The Morgan fingerprint density at radius 1 is 1.36 bits per heavy atom. The number of aliphatic imine (C=N–C) groups is 1. The number of guanidine groups is 1. The van der Waals surface area contributed by atoms with Gasteiger partial charge in [-0.3, -0.25) is 4.99 Å². The molecule has 0 aliphatic carbocycles. The second-order valence-corrected chi connectivity index (χ2v) is 5.53. The predicted octanol–water partition coefficient (Wildman–Crippen LogP) is 2.37. The van der Waals surface area contributed by atoms with E-state index in [-0.39, 0.29) is 6.54 Å². The smallest absolute Gasteiger partial charge is 0.357 e. The molecule has 22 heavy (non-hydrogen) atoms. The molecule has 2 N–H and O–H groups in total. The minimum Gasteiger partial charge on any atom is -0.357 e. The van der Waals surface area contributed by atoms with Crippen molar-refractivity contribution in [3.05, 3.63) is 40.1 Å². The molecule has 0 aliphatic heterocycles. The van der Waals surface area contributed by atoms with Gasteiger partial charge < -0.3 is 15.2 Å². The van der Waals surface area contributed by atoms with Crippen LogP contribution in [0.25, 0.3) is 0 Å². The minimum atomic E-state index is -4.40. The molecular weight excluding hydrogens is 315 g/mol. The number of aromatic nitrogens is 2. The van der Waals surface area contributed by atoms with E-state index in [1.54, 1.807) is 7.05 Å². The van der Waals surface area contributed by atoms with E-state index in [9.17, 15) is 13.2 Å². The van der Waals surface area contributed by atoms with Gasteiger partial charge in [-0.15, -0.1) is 11.3 Å². The van der Waals surface area contributed by atoms with Crippen LogP contribution in [-0.4, -0.2) is 22.6 Å². The van der Waals surface area contributed by atoms with E-state index in [1.807, 2.05) is 30.1 Å². The Morgan fingerprint density at radius 3 is 2.64 bits per heavy atom. The Morgan fingerprint density at radius 2 is 2.09 bits per heavy atom. The summed E-state index contributed by atoms with van der Waals surface area (Å²) in [6.07, 6.45) is -0.500. The number of nitrogens with zero attached hydrogens (tertiary/aromatic N) is 3. The van der Waals surface area contributed by atoms with Crippen molar-refractivity contribution in [2.75, 3.05) is 7.05 Å². The number of nitrogens with one attached hydrogen (secondary N) is 2. The van der Waals surface area contributed by atoms with Gasteiger partial charge in [0.05, 0.1) is 6.54 Å². The summed E-state index contributed by atoms with van der Waals surface area (Å²) in [5.41, 5.74) is 0.223. The summed E-state index contributed by atoms with van der Waals surface area (Å²) in [6, 6.07) is 1.97.